The number of nitrogens with two attached hydrogens (primary N) is 1. The van der Waals surface area contributed by atoms with Gasteiger partial charge in [-0.3, -0.25) is 4.57 Å². The fourth-order valence-electron chi connectivity index (χ4n) is 5.41. The Morgan fingerprint density at radius 3 is 2.51 bits per heavy atom. The zero-order valence-electron chi connectivity index (χ0n) is 26.5. The summed E-state index contributed by atoms with van der Waals surface area (Å²) in [6.45, 7) is 2.47. The van der Waals surface area contributed by atoms with Gasteiger partial charge >= 0.3 is 7.60 Å². The van der Waals surface area contributed by atoms with Crippen molar-refractivity contribution in [2.75, 3.05) is 42.7 Å². The number of hydrogen-bond donors (Lipinski definition) is 2. The molecule has 3 rings (SSSR count). The van der Waals surface area contributed by atoms with Gasteiger partial charge in [0.2, 0.25) is 0 Å². The molecular formula is C31H54N5O4PS2. The van der Waals surface area contributed by atoms with Crippen LogP contribution in [-0.2, 0) is 20.4 Å². The van der Waals surface area contributed by atoms with Gasteiger partial charge in [0.25, 0.3) is 0 Å². The number of thioether (sulfide) groups is 1. The molecule has 12 heteroatoms. The van der Waals surface area contributed by atoms with Crippen LogP contribution in [0.4, 0.5) is 5.82 Å². The van der Waals surface area contributed by atoms with Gasteiger partial charge in [-0.05, 0) is 56.1 Å². The average molecular weight is 656 g/mol. The summed E-state index contributed by atoms with van der Waals surface area (Å²) in [5, 5.41) is 4.56. The number of rotatable bonds is 20. The molecule has 1 unspecified atom stereocenters. The summed E-state index contributed by atoms with van der Waals surface area (Å²) in [6, 6.07) is 0. The van der Waals surface area contributed by atoms with Crippen molar-refractivity contribution in [1.82, 2.24) is 19.5 Å². The first-order valence-electron chi connectivity index (χ1n) is 16.0. The van der Waals surface area contributed by atoms with E-state index in [9.17, 15) is 9.46 Å². The predicted molar refractivity (Wildman–Crippen MR) is 184 cm³/mol. The molecule has 1 fully saturated rings. The Hall–Kier alpha value is -1.28. The van der Waals surface area contributed by atoms with E-state index < -0.39 is 17.6 Å². The van der Waals surface area contributed by atoms with Crippen LogP contribution in [-0.4, -0.2) is 72.7 Å². The normalized spacial score (nSPS) is 16.9. The lowest BCUT2D eigenvalue weighted by molar-refractivity contribution is 0.0724. The van der Waals surface area contributed by atoms with Crippen molar-refractivity contribution in [3.05, 3.63) is 12.7 Å². The minimum absolute atomic E-state index is 0.238. The highest BCUT2D eigenvalue weighted by atomic mass is 32.3. The number of unbranched alkanes of at least 4 members (excludes halogenated alkanes) is 8. The van der Waals surface area contributed by atoms with E-state index >= 15 is 0 Å². The van der Waals surface area contributed by atoms with Crippen molar-refractivity contribution in [2.24, 2.45) is 0 Å². The molecule has 2 heterocycles. The Morgan fingerprint density at radius 2 is 1.77 bits per heavy atom. The van der Waals surface area contributed by atoms with E-state index in [0.717, 1.165) is 17.4 Å². The number of ether oxygens (including phenoxy) is 1. The smallest absolute Gasteiger partial charge is 0.353 e. The Balaban J connectivity index is 1.11. The van der Waals surface area contributed by atoms with Crippen LogP contribution in [0.25, 0.3) is 11.2 Å². The molecule has 0 radical (unpaired) electrons. The second-order valence-corrected chi connectivity index (χ2v) is 18.7. The molecule has 0 spiro atoms. The summed E-state index contributed by atoms with van der Waals surface area (Å²) in [4.78, 5) is 22.5. The first-order chi connectivity index (χ1) is 20.7. The van der Waals surface area contributed by atoms with Crippen molar-refractivity contribution in [1.29, 1.82) is 0 Å². The Morgan fingerprint density at radius 1 is 1.07 bits per heavy atom. The number of fused-ring (bicyclic) bond motifs is 1. The number of hydrogen-bond acceptors (Lipinski definition) is 8. The molecule has 1 saturated carbocycles. The minimum atomic E-state index is -3.81. The van der Waals surface area contributed by atoms with Crippen molar-refractivity contribution in [3.8, 4) is 11.2 Å². The van der Waals surface area contributed by atoms with Gasteiger partial charge in [-0.25, -0.2) is 15.0 Å². The van der Waals surface area contributed by atoms with E-state index in [1.54, 1.807) is 22.7 Å². The maximum Gasteiger partial charge on any atom is 0.353 e. The molecule has 2 aromatic heterocycles. The summed E-state index contributed by atoms with van der Waals surface area (Å²) in [5.74, 6) is 5.59. The van der Waals surface area contributed by atoms with E-state index in [4.69, 9.17) is 15.0 Å². The van der Waals surface area contributed by atoms with Crippen LogP contribution >= 0.6 is 29.4 Å². The van der Waals surface area contributed by atoms with Gasteiger partial charge in [0.15, 0.2) is 11.5 Å². The quantitative estimate of drug-likeness (QED) is 0.0844. The Bertz CT molecular complexity index is 1200. The highest BCUT2D eigenvalue weighted by molar-refractivity contribution is 8.36. The predicted octanol–water partition coefficient (Wildman–Crippen LogP) is 7.58. The van der Waals surface area contributed by atoms with Crippen molar-refractivity contribution in [2.45, 2.75) is 115 Å². The van der Waals surface area contributed by atoms with Crippen LogP contribution in [0.1, 0.15) is 96.8 Å². The molecule has 0 amide bonds. The number of nitrogens with zero attached hydrogens (tertiary/aromatic N) is 4. The molecule has 1 aliphatic carbocycles. The summed E-state index contributed by atoms with van der Waals surface area (Å²) in [6.07, 6.45) is 25.5. The van der Waals surface area contributed by atoms with Crippen LogP contribution < -0.4 is 5.73 Å². The van der Waals surface area contributed by atoms with Crippen molar-refractivity contribution >= 4 is 46.4 Å². The van der Waals surface area contributed by atoms with Gasteiger partial charge in [-0.15, -0.1) is 0 Å². The molecule has 1 aliphatic rings. The molecule has 2 aromatic rings. The van der Waals surface area contributed by atoms with Crippen LogP contribution in [0.2, 0.25) is 0 Å². The van der Waals surface area contributed by atoms with Gasteiger partial charge in [-0.2, -0.15) is 21.8 Å². The highest BCUT2D eigenvalue weighted by Gasteiger charge is 2.24. The molecule has 244 valence electrons. The van der Waals surface area contributed by atoms with E-state index in [0.29, 0.717) is 29.3 Å². The molecule has 2 atom stereocenters. The SMILES string of the molecule is C[C@H](Cn1cnc2c(N)ncnc21)OCP(=O)(O)OCCSCCCCCCCCCCC#CS(C)(C)C1CCCCC1. The lowest BCUT2D eigenvalue weighted by Gasteiger charge is -2.37. The van der Waals surface area contributed by atoms with Gasteiger partial charge < -0.3 is 24.5 Å². The van der Waals surface area contributed by atoms with Gasteiger partial charge in [0.05, 0.1) is 25.6 Å². The topological polar surface area (TPSA) is 125 Å². The van der Waals surface area contributed by atoms with Crippen LogP contribution in [0.3, 0.4) is 0 Å². The zero-order valence-corrected chi connectivity index (χ0v) is 29.1. The van der Waals surface area contributed by atoms with Crippen molar-refractivity contribution in [3.63, 3.8) is 0 Å². The zero-order chi connectivity index (χ0) is 31.0. The molecule has 0 aliphatic heterocycles. The van der Waals surface area contributed by atoms with Crippen LogP contribution in [0.15, 0.2) is 12.7 Å². The fourth-order valence-corrected chi connectivity index (χ4v) is 9.40. The summed E-state index contributed by atoms with van der Waals surface area (Å²) < 4.78 is 25.0. The molecule has 43 heavy (non-hydrogen) atoms. The highest BCUT2D eigenvalue weighted by Crippen LogP contribution is 2.50. The lowest BCUT2D eigenvalue weighted by Crippen LogP contribution is -2.18. The molecular weight excluding hydrogens is 601 g/mol. The maximum absolute atomic E-state index is 12.3. The summed E-state index contributed by atoms with van der Waals surface area (Å²) in [7, 11) is -4.54. The first-order valence-corrected chi connectivity index (χ1v) is 21.4. The number of nitrogen functional groups attached to an aromatic ring is 1. The minimum Gasteiger partial charge on any atom is -0.382 e. The van der Waals surface area contributed by atoms with E-state index in [1.165, 1.54) is 89.8 Å². The Kier molecular flexibility index (Phi) is 16.2. The monoisotopic (exact) mass is 655 g/mol. The average Bonchev–Trinajstić information content (AvgIpc) is 3.40. The third kappa shape index (κ3) is 13.7. The van der Waals surface area contributed by atoms with Crippen molar-refractivity contribution < 1.29 is 18.7 Å². The third-order valence-corrected chi connectivity index (χ3v) is 12.9. The Labute approximate surface area is 265 Å². The van der Waals surface area contributed by atoms with Crippen LogP contribution in [0.5, 0.6) is 0 Å². The third-order valence-electron chi connectivity index (χ3n) is 7.99. The molecule has 3 N–H and O–H groups in total. The molecule has 0 aromatic carbocycles. The van der Waals surface area contributed by atoms with E-state index in [1.807, 2.05) is 6.92 Å². The standard InChI is InChI=1S/C31H54N5O4PS2/c1-27(23-36-25-35-29-30(32)33-24-34-31(29)36)39-26-41(37,38)40-19-21-42-20-15-10-8-6-4-5-7-9-11-16-22-43(2,3)28-17-13-12-14-18-28/h24-25,27-28H,4-15,17-21,23,26H2,1-3H3,(H,37,38)(H2,32,33,34)/t27-/m1/s1. The van der Waals surface area contributed by atoms with E-state index in [2.05, 4.69) is 38.6 Å². The summed E-state index contributed by atoms with van der Waals surface area (Å²) >= 11 is 1.77. The van der Waals surface area contributed by atoms with Crippen LogP contribution in [0, 0.1) is 11.2 Å². The number of aromatic nitrogens is 4. The van der Waals surface area contributed by atoms with Gasteiger partial charge in [-0.1, -0.05) is 69.0 Å². The summed E-state index contributed by atoms with van der Waals surface area (Å²) in [5.41, 5.74) is 6.95. The van der Waals surface area contributed by atoms with E-state index in [-0.39, 0.29) is 19.1 Å². The molecule has 9 nitrogen and oxygen atoms in total. The lowest BCUT2D eigenvalue weighted by atomic mass is 10.0. The first kappa shape index (κ1) is 36.2. The maximum atomic E-state index is 12.3. The molecule has 0 bridgehead atoms. The second-order valence-electron chi connectivity index (χ2n) is 12.0. The van der Waals surface area contributed by atoms with Gasteiger partial charge in [0, 0.05) is 12.2 Å². The molecule has 0 saturated heterocycles. The second kappa shape index (κ2) is 19.3. The number of imidazole rings is 1. The fraction of sp³-hybridized carbons (Fsp3) is 0.774. The van der Waals surface area contributed by atoms with Gasteiger partial charge in [0.1, 0.15) is 18.2 Å². The largest absolute Gasteiger partial charge is 0.382 e. The number of anilines is 1.